The Labute approximate surface area is 484 Å². The van der Waals surface area contributed by atoms with Crippen molar-refractivity contribution in [1.82, 2.24) is 0 Å². The van der Waals surface area contributed by atoms with Gasteiger partial charge in [-0.25, -0.2) is 0 Å². The molecule has 0 saturated carbocycles. The van der Waals surface area contributed by atoms with Gasteiger partial charge in [0.2, 0.25) is 6.71 Å². The lowest BCUT2D eigenvalue weighted by Crippen LogP contribution is -2.62. The van der Waals surface area contributed by atoms with Crippen LogP contribution in [0.4, 0.5) is 28.4 Å². The van der Waals surface area contributed by atoms with Crippen molar-refractivity contribution in [1.29, 1.82) is 0 Å². The van der Waals surface area contributed by atoms with Crippen LogP contribution in [0.15, 0.2) is 158 Å². The van der Waals surface area contributed by atoms with E-state index in [2.05, 4.69) is 255 Å². The molecule has 8 aromatic rings. The third-order valence-electron chi connectivity index (χ3n) is 20.0. The lowest BCUT2D eigenvalue weighted by Gasteiger charge is -2.46. The second-order valence-electron chi connectivity index (χ2n) is 28.1. The molecule has 3 unspecified atom stereocenters. The monoisotopic (exact) mass is 1080 g/mol. The zero-order valence-corrected chi connectivity index (χ0v) is 49.7. The van der Waals surface area contributed by atoms with Crippen LogP contribution in [0.2, 0.25) is 5.82 Å². The van der Waals surface area contributed by atoms with E-state index in [-0.39, 0.29) is 51.7 Å². The number of rotatable bonds is 6. The smallest absolute Gasteiger partial charge is 0.256 e. The van der Waals surface area contributed by atoms with Gasteiger partial charge in [0.1, 0.15) is 46.0 Å². The van der Waals surface area contributed by atoms with Crippen LogP contribution in [0.3, 0.4) is 0 Å². The lowest BCUT2D eigenvalue weighted by atomic mass is 9.29. The number of hydrogen-bond donors (Lipinski definition) is 0. The molecular formula is C72H72B2N2O4S. The number of benzene rings is 8. The molecule has 3 atom stereocenters. The molecule has 5 aliphatic heterocycles. The Balaban J connectivity index is 0.901. The molecule has 7 aliphatic rings. The van der Waals surface area contributed by atoms with E-state index in [1.54, 1.807) is 0 Å². The SMILES string of the molecule is CC1(C)CCC(C)(C)c2cc(Oc3cc4c5c(c3)N(c3ccccc3)c3ccccc3B5c3cc5c(cc3O4)Oc3cc(Oc4ccc6c(c4)C(C)(C)CCC6(C)C)cc4c3B5C3CC(C(C)(C)C)SC3N4c3ccccc3)ccc21. The fraction of sp³-hybridized carbons (Fsp3) is 0.333. The minimum Gasteiger partial charge on any atom is -0.458 e. The Morgan fingerprint density at radius 1 is 0.469 bits per heavy atom. The predicted molar refractivity (Wildman–Crippen MR) is 339 cm³/mol. The minimum absolute atomic E-state index is 0.0407. The normalized spacial score (nSPS) is 21.3. The van der Waals surface area contributed by atoms with E-state index in [0.29, 0.717) is 5.25 Å². The van der Waals surface area contributed by atoms with Crippen molar-refractivity contribution in [2.45, 2.75) is 146 Å². The molecule has 0 spiro atoms. The van der Waals surface area contributed by atoms with E-state index in [4.69, 9.17) is 18.9 Å². The van der Waals surface area contributed by atoms with Crippen LogP contribution in [0.25, 0.3) is 0 Å². The van der Waals surface area contributed by atoms with Crippen molar-refractivity contribution in [3.05, 3.63) is 180 Å². The van der Waals surface area contributed by atoms with Crippen LogP contribution in [-0.4, -0.2) is 24.0 Å². The summed E-state index contributed by atoms with van der Waals surface area (Å²) >= 11 is 2.15. The quantitative estimate of drug-likeness (QED) is 0.154. The highest BCUT2D eigenvalue weighted by Crippen LogP contribution is 2.59. The number of thioether (sulfide) groups is 1. The summed E-state index contributed by atoms with van der Waals surface area (Å²) in [7, 11) is 0. The number of fused-ring (bicyclic) bond motifs is 10. The first-order chi connectivity index (χ1) is 38.7. The third kappa shape index (κ3) is 8.05. The van der Waals surface area contributed by atoms with Crippen molar-refractivity contribution in [2.24, 2.45) is 5.41 Å². The van der Waals surface area contributed by atoms with Crippen molar-refractivity contribution in [3.8, 4) is 46.0 Å². The maximum atomic E-state index is 7.44. The largest absolute Gasteiger partial charge is 0.458 e. The van der Waals surface area contributed by atoms with Crippen molar-refractivity contribution >= 4 is 80.9 Å². The number of para-hydroxylation sites is 3. The maximum Gasteiger partial charge on any atom is 0.256 e. The number of nitrogens with zero attached hydrogens (tertiary/aromatic N) is 2. The molecule has 1 saturated heterocycles. The molecule has 0 aromatic heterocycles. The Kier molecular flexibility index (Phi) is 11.2. The standard InChI is InChI=1S/C72H72B2N2O4S/c1-68(2,3)64-41-56-67(81-64)76(44-22-16-13-17-23-44)59-37-48(78-46-27-29-50-52(35-46)72(10,11)33-31-70(50,6)7)39-63-66(59)74(56)55-40-54-60(42-61(55)80-63)79-62-38-47(77-45-26-28-49-51(34-45)71(8,9)32-30-69(49,4)5)36-58-65(62)73(54)53-24-18-19-25-57(53)75(58)43-20-14-12-15-21-43/h12-29,34-40,42,56,64,67H,30-33,41H2,1-11H3. The zero-order valence-electron chi connectivity index (χ0n) is 48.9. The summed E-state index contributed by atoms with van der Waals surface area (Å²) in [5, 5.41) is 0.595. The zero-order chi connectivity index (χ0) is 55.7. The van der Waals surface area contributed by atoms with Crippen LogP contribution in [0.1, 0.15) is 131 Å². The van der Waals surface area contributed by atoms with E-state index in [0.717, 1.165) is 112 Å². The minimum atomic E-state index is -0.120. The van der Waals surface area contributed by atoms with Gasteiger partial charge in [0.25, 0.3) is 6.71 Å². The Hall–Kier alpha value is -6.96. The average Bonchev–Trinajstić information content (AvgIpc) is 2.69. The third-order valence-corrected chi connectivity index (χ3v) is 22.0. The van der Waals surface area contributed by atoms with Gasteiger partial charge >= 0.3 is 0 Å². The van der Waals surface area contributed by atoms with Crippen molar-refractivity contribution in [3.63, 3.8) is 0 Å². The molecule has 1 fully saturated rings. The van der Waals surface area contributed by atoms with Gasteiger partial charge in [0.05, 0.1) is 5.37 Å². The summed E-state index contributed by atoms with van der Waals surface area (Å²) in [6.07, 6.45) is 5.67. The van der Waals surface area contributed by atoms with Crippen molar-refractivity contribution in [2.75, 3.05) is 9.80 Å². The van der Waals surface area contributed by atoms with Crippen LogP contribution in [0.5, 0.6) is 46.0 Å². The summed E-state index contributed by atoms with van der Waals surface area (Å²) in [5.74, 6) is 6.74. The average molecular weight is 1080 g/mol. The molecule has 406 valence electrons. The summed E-state index contributed by atoms with van der Waals surface area (Å²) in [4.78, 5) is 5.04. The molecule has 9 heteroatoms. The summed E-state index contributed by atoms with van der Waals surface area (Å²) < 4.78 is 29.0. The fourth-order valence-electron chi connectivity index (χ4n) is 15.3. The summed E-state index contributed by atoms with van der Waals surface area (Å²) in [6.45, 7) is 26.2. The van der Waals surface area contributed by atoms with E-state index in [1.807, 2.05) is 0 Å². The van der Waals surface area contributed by atoms with E-state index in [1.165, 1.54) is 44.3 Å². The van der Waals surface area contributed by atoms with Crippen LogP contribution >= 0.6 is 11.8 Å². The lowest BCUT2D eigenvalue weighted by molar-refractivity contribution is 0.330. The van der Waals surface area contributed by atoms with Gasteiger partial charge in [0.15, 0.2) is 0 Å². The molecule has 15 rings (SSSR count). The second-order valence-corrected chi connectivity index (χ2v) is 29.4. The Morgan fingerprint density at radius 2 is 0.988 bits per heavy atom. The summed E-state index contributed by atoms with van der Waals surface area (Å²) in [6, 6.07) is 57.9. The van der Waals surface area contributed by atoms with E-state index in [9.17, 15) is 0 Å². The molecule has 0 radical (unpaired) electrons. The van der Waals surface area contributed by atoms with Gasteiger partial charge in [-0.3, -0.25) is 0 Å². The first-order valence-corrected chi connectivity index (χ1v) is 30.6. The number of hydrogen-bond acceptors (Lipinski definition) is 7. The number of anilines is 5. The van der Waals surface area contributed by atoms with Crippen LogP contribution in [-0.2, 0) is 21.7 Å². The molecule has 0 bridgehead atoms. The molecule has 81 heavy (non-hydrogen) atoms. The topological polar surface area (TPSA) is 43.4 Å². The molecule has 0 amide bonds. The predicted octanol–water partition coefficient (Wildman–Crippen LogP) is 16.5. The van der Waals surface area contributed by atoms with Gasteiger partial charge < -0.3 is 28.7 Å². The number of ether oxygens (including phenoxy) is 4. The molecule has 6 nitrogen and oxygen atoms in total. The highest BCUT2D eigenvalue weighted by atomic mass is 32.2. The highest BCUT2D eigenvalue weighted by molar-refractivity contribution is 8.01. The molecule has 2 aliphatic carbocycles. The Morgan fingerprint density at radius 3 is 1.58 bits per heavy atom. The van der Waals surface area contributed by atoms with Crippen LogP contribution < -0.4 is 56.1 Å². The molecule has 0 N–H and O–H groups in total. The second kappa shape index (κ2) is 17.8. The van der Waals surface area contributed by atoms with E-state index < -0.39 is 0 Å². The van der Waals surface area contributed by atoms with Gasteiger partial charge in [-0.2, -0.15) is 0 Å². The van der Waals surface area contributed by atoms with Crippen LogP contribution in [0, 0.1) is 5.41 Å². The molecule has 8 aromatic carbocycles. The van der Waals surface area contributed by atoms with E-state index >= 15 is 0 Å². The van der Waals surface area contributed by atoms with Gasteiger partial charge in [-0.05, 0) is 169 Å². The molecule has 5 heterocycles. The van der Waals surface area contributed by atoms with Gasteiger partial charge in [-0.15, -0.1) is 11.8 Å². The highest BCUT2D eigenvalue weighted by Gasteiger charge is 2.56. The fourth-order valence-corrected chi connectivity index (χ4v) is 17.2. The first-order valence-electron chi connectivity index (χ1n) is 29.7. The van der Waals surface area contributed by atoms with Crippen molar-refractivity contribution < 1.29 is 18.9 Å². The maximum absolute atomic E-state index is 7.44. The van der Waals surface area contributed by atoms with Gasteiger partial charge in [0, 0.05) is 64.0 Å². The van der Waals surface area contributed by atoms with Gasteiger partial charge in [-0.1, -0.05) is 149 Å². The first kappa shape index (κ1) is 51.0. The Bertz CT molecular complexity index is 3900. The summed E-state index contributed by atoms with van der Waals surface area (Å²) in [5.41, 5.74) is 17.6. The molecular weight excluding hydrogens is 1010 g/mol.